The van der Waals surface area contributed by atoms with E-state index in [4.69, 9.17) is 9.47 Å². The van der Waals surface area contributed by atoms with Gasteiger partial charge in [0.15, 0.2) is 5.12 Å². The normalized spacial score (nSPS) is 12.7. The topological polar surface area (TPSA) is 93.7 Å². The number of hydrogen-bond donors (Lipinski definition) is 2. The highest BCUT2D eigenvalue weighted by Crippen LogP contribution is 2.23. The van der Waals surface area contributed by atoms with Crippen LogP contribution in [0.4, 0.5) is 9.59 Å². The van der Waals surface area contributed by atoms with Gasteiger partial charge in [-0.2, -0.15) is 0 Å². The van der Waals surface area contributed by atoms with Gasteiger partial charge in [-0.25, -0.2) is 9.59 Å². The average Bonchev–Trinajstić information content (AvgIpc) is 2.87. The van der Waals surface area contributed by atoms with Crippen LogP contribution in [0, 0.1) is 10.8 Å². The predicted octanol–water partition coefficient (Wildman–Crippen LogP) is 7.34. The third-order valence-corrected chi connectivity index (χ3v) is 6.87. The van der Waals surface area contributed by atoms with Crippen molar-refractivity contribution in [3.8, 4) is 0 Å². The fourth-order valence-electron chi connectivity index (χ4n) is 3.45. The lowest BCUT2D eigenvalue weighted by Gasteiger charge is -2.30. The monoisotopic (exact) mass is 558 g/mol. The van der Waals surface area contributed by atoms with Crippen molar-refractivity contribution < 1.29 is 23.9 Å². The molecule has 2 aromatic carbocycles. The standard InChI is InChI=1S/C16H23NO3S.C15H23NO2/c1-12(18)21-11-14(16(2,3)4)17-15(19)20-10-13-8-6-5-7-9-13;1-5-13(15(2,3)4)16-14(17)18-11-12-9-7-6-8-10-12/h5-9,14H,10-11H2,1-4H3,(H,17,19);6-10,13H,5,11H2,1-4H3,(H,16,17)/t14-;13-/m11/s1. The molecule has 0 bridgehead atoms. The highest BCUT2D eigenvalue weighted by atomic mass is 32.2. The Bertz CT molecular complexity index is 1000. The molecule has 2 rings (SSSR count). The van der Waals surface area contributed by atoms with Gasteiger partial charge < -0.3 is 20.1 Å². The molecule has 0 aliphatic rings. The molecule has 0 saturated heterocycles. The maximum absolute atomic E-state index is 11.9. The zero-order valence-electron chi connectivity index (χ0n) is 24.7. The molecule has 0 unspecified atom stereocenters. The van der Waals surface area contributed by atoms with Crippen molar-refractivity contribution in [1.29, 1.82) is 0 Å². The molecule has 7 nitrogen and oxygen atoms in total. The Kier molecular flexibility index (Phi) is 14.7. The van der Waals surface area contributed by atoms with Gasteiger partial charge in [-0.1, -0.05) is 121 Å². The number of nitrogens with one attached hydrogen (secondary N) is 2. The van der Waals surface area contributed by atoms with Gasteiger partial charge in [0, 0.05) is 24.8 Å². The molecule has 216 valence electrons. The van der Waals surface area contributed by atoms with Crippen LogP contribution >= 0.6 is 11.8 Å². The molecule has 39 heavy (non-hydrogen) atoms. The van der Waals surface area contributed by atoms with Gasteiger partial charge in [-0.3, -0.25) is 4.79 Å². The van der Waals surface area contributed by atoms with Crippen molar-refractivity contribution in [3.05, 3.63) is 71.8 Å². The lowest BCUT2D eigenvalue weighted by Crippen LogP contribution is -2.45. The zero-order chi connectivity index (χ0) is 29.5. The van der Waals surface area contributed by atoms with Gasteiger partial charge in [0.05, 0.1) is 0 Å². The van der Waals surface area contributed by atoms with Gasteiger partial charge in [0.1, 0.15) is 13.2 Å². The molecule has 0 aliphatic heterocycles. The summed E-state index contributed by atoms with van der Waals surface area (Å²) in [7, 11) is 0. The van der Waals surface area contributed by atoms with Gasteiger partial charge in [0.25, 0.3) is 0 Å². The quantitative estimate of drug-likeness (QED) is 0.334. The van der Waals surface area contributed by atoms with Crippen LogP contribution in [0.15, 0.2) is 60.7 Å². The Labute approximate surface area is 238 Å². The number of alkyl carbamates (subject to hydrolysis) is 2. The molecule has 0 aromatic heterocycles. The van der Waals surface area contributed by atoms with E-state index >= 15 is 0 Å². The molecule has 2 aromatic rings. The van der Waals surface area contributed by atoms with Crippen molar-refractivity contribution in [2.75, 3.05) is 5.75 Å². The summed E-state index contributed by atoms with van der Waals surface area (Å²) in [6, 6.07) is 19.2. The third-order valence-electron chi connectivity index (χ3n) is 5.96. The summed E-state index contributed by atoms with van der Waals surface area (Å²) < 4.78 is 10.4. The summed E-state index contributed by atoms with van der Waals surface area (Å²) in [6.07, 6.45) is 0.0905. The molecule has 0 fully saturated rings. The van der Waals surface area contributed by atoms with Crippen molar-refractivity contribution in [2.24, 2.45) is 10.8 Å². The Morgan fingerprint density at radius 1 is 0.718 bits per heavy atom. The molecule has 8 heteroatoms. The first kappa shape index (κ1) is 34.0. The van der Waals surface area contributed by atoms with Gasteiger partial charge in [-0.05, 0) is 28.4 Å². The Morgan fingerprint density at radius 2 is 1.10 bits per heavy atom. The van der Waals surface area contributed by atoms with Crippen LogP contribution in [-0.4, -0.2) is 35.1 Å². The maximum Gasteiger partial charge on any atom is 0.407 e. The van der Waals surface area contributed by atoms with Crippen LogP contribution in [0.1, 0.15) is 72.9 Å². The number of carbonyl (C=O) groups is 3. The van der Waals surface area contributed by atoms with E-state index < -0.39 is 6.09 Å². The Balaban J connectivity index is 0.000000395. The van der Waals surface area contributed by atoms with Crippen molar-refractivity contribution in [1.82, 2.24) is 10.6 Å². The second-order valence-corrected chi connectivity index (χ2v) is 12.7. The molecule has 2 N–H and O–H groups in total. The summed E-state index contributed by atoms with van der Waals surface area (Å²) >= 11 is 1.21. The third kappa shape index (κ3) is 15.2. The van der Waals surface area contributed by atoms with Gasteiger partial charge in [-0.15, -0.1) is 0 Å². The van der Waals surface area contributed by atoms with E-state index in [9.17, 15) is 14.4 Å². The number of amides is 2. The van der Waals surface area contributed by atoms with Gasteiger partial charge in [0.2, 0.25) is 0 Å². The molecular formula is C31H46N2O5S. The number of carbonyl (C=O) groups excluding carboxylic acids is 3. The summed E-state index contributed by atoms with van der Waals surface area (Å²) in [5, 5.41) is 5.81. The lowest BCUT2D eigenvalue weighted by molar-refractivity contribution is -0.109. The fourth-order valence-corrected chi connectivity index (χ4v) is 4.44. The lowest BCUT2D eigenvalue weighted by atomic mass is 9.85. The zero-order valence-corrected chi connectivity index (χ0v) is 25.5. The maximum atomic E-state index is 11.9. The summed E-state index contributed by atoms with van der Waals surface area (Å²) in [6.45, 7) is 16.5. The molecule has 0 spiro atoms. The molecule has 0 heterocycles. The molecule has 2 amide bonds. The second kappa shape index (κ2) is 16.9. The van der Waals surface area contributed by atoms with E-state index in [2.05, 4.69) is 38.3 Å². The molecule has 0 radical (unpaired) electrons. The van der Waals surface area contributed by atoms with E-state index in [0.717, 1.165) is 17.5 Å². The minimum absolute atomic E-state index is 0.0422. The van der Waals surface area contributed by atoms with Crippen molar-refractivity contribution in [3.63, 3.8) is 0 Å². The van der Waals surface area contributed by atoms with Crippen LogP contribution in [0.2, 0.25) is 0 Å². The van der Waals surface area contributed by atoms with Crippen LogP contribution in [0.3, 0.4) is 0 Å². The Hall–Kier alpha value is -3.00. The first-order valence-electron chi connectivity index (χ1n) is 13.3. The summed E-state index contributed by atoms with van der Waals surface area (Å²) in [5.74, 6) is 0.541. The highest BCUT2D eigenvalue weighted by molar-refractivity contribution is 8.13. The number of hydrogen-bond acceptors (Lipinski definition) is 6. The second-order valence-electron chi connectivity index (χ2n) is 11.5. The molecule has 0 saturated carbocycles. The first-order valence-corrected chi connectivity index (χ1v) is 14.3. The van der Waals surface area contributed by atoms with E-state index in [0.29, 0.717) is 12.4 Å². The van der Waals surface area contributed by atoms with Crippen molar-refractivity contribution >= 4 is 29.1 Å². The van der Waals surface area contributed by atoms with Gasteiger partial charge >= 0.3 is 12.2 Å². The number of rotatable bonds is 9. The Morgan fingerprint density at radius 3 is 1.44 bits per heavy atom. The SMILES string of the molecule is CC(=O)SC[C@@H](NC(=O)OCc1ccccc1)C(C)(C)C.CC[C@@H](NC(=O)OCc1ccccc1)C(C)(C)C. The number of thioether (sulfide) groups is 1. The van der Waals surface area contributed by atoms with Crippen LogP contribution in [-0.2, 0) is 27.5 Å². The average molecular weight is 559 g/mol. The van der Waals surface area contributed by atoms with Crippen LogP contribution in [0.5, 0.6) is 0 Å². The molecule has 2 atom stereocenters. The predicted molar refractivity (Wildman–Crippen MR) is 159 cm³/mol. The van der Waals surface area contributed by atoms with Crippen LogP contribution < -0.4 is 10.6 Å². The molecular weight excluding hydrogens is 512 g/mol. The molecule has 0 aliphatic carbocycles. The number of ether oxygens (including phenoxy) is 2. The van der Waals surface area contributed by atoms with E-state index in [1.165, 1.54) is 18.7 Å². The van der Waals surface area contributed by atoms with E-state index in [-0.39, 0.29) is 40.7 Å². The minimum Gasteiger partial charge on any atom is -0.445 e. The smallest absolute Gasteiger partial charge is 0.407 e. The van der Waals surface area contributed by atoms with E-state index in [1.54, 1.807) is 0 Å². The fraction of sp³-hybridized carbons (Fsp3) is 0.516. The van der Waals surface area contributed by atoms with E-state index in [1.807, 2.05) is 81.4 Å². The first-order chi connectivity index (χ1) is 18.2. The number of benzene rings is 2. The largest absolute Gasteiger partial charge is 0.445 e. The summed E-state index contributed by atoms with van der Waals surface area (Å²) in [4.78, 5) is 34.7. The summed E-state index contributed by atoms with van der Waals surface area (Å²) in [5.41, 5.74) is 1.84. The highest BCUT2D eigenvalue weighted by Gasteiger charge is 2.27. The minimum atomic E-state index is -0.456. The van der Waals surface area contributed by atoms with Crippen molar-refractivity contribution in [2.45, 2.75) is 87.1 Å². The van der Waals surface area contributed by atoms with Crippen LogP contribution in [0.25, 0.3) is 0 Å².